The third-order valence-corrected chi connectivity index (χ3v) is 5.20. The third kappa shape index (κ3) is 3.82. The minimum atomic E-state index is -2.54. The van der Waals surface area contributed by atoms with Gasteiger partial charge >= 0.3 is 0 Å². The molecule has 4 rings (SSSR count). The fourth-order valence-corrected chi connectivity index (χ4v) is 3.77. The number of hydrogen-bond donors (Lipinski definition) is 2. The third-order valence-electron chi connectivity index (χ3n) is 4.14. The van der Waals surface area contributed by atoms with E-state index in [0.29, 0.717) is 10.5 Å². The summed E-state index contributed by atoms with van der Waals surface area (Å²) in [6.07, 6.45) is 5.54. The quantitative estimate of drug-likeness (QED) is 0.487. The molecule has 0 unspecified atom stereocenters. The maximum absolute atomic E-state index is 12.4. The van der Waals surface area contributed by atoms with E-state index in [2.05, 4.69) is 15.2 Å². The molecule has 0 atom stereocenters. The van der Waals surface area contributed by atoms with E-state index in [0.717, 1.165) is 27.2 Å². The molecule has 0 aliphatic heterocycles. The summed E-state index contributed by atoms with van der Waals surface area (Å²) in [6.45, 7) is -2.54. The van der Waals surface area contributed by atoms with Crippen LogP contribution < -0.4 is 5.32 Å². The largest absolute Gasteiger partial charge is 0.355 e. The molecule has 28 heavy (non-hydrogen) atoms. The number of benzene rings is 2. The van der Waals surface area contributed by atoms with Crippen LogP contribution in [0.1, 0.15) is 25.9 Å². The highest BCUT2D eigenvalue weighted by molar-refractivity contribution is 7.99. The minimum absolute atomic E-state index is 0.312. The van der Waals surface area contributed by atoms with Gasteiger partial charge in [0.05, 0.1) is 22.5 Å². The predicted molar refractivity (Wildman–Crippen MR) is 113 cm³/mol. The van der Waals surface area contributed by atoms with Crippen molar-refractivity contribution in [2.24, 2.45) is 0 Å². The summed E-state index contributed by atoms with van der Waals surface area (Å²) in [5.41, 5.74) is 2.81. The molecule has 2 N–H and O–H groups in total. The minimum Gasteiger partial charge on any atom is -0.355 e. The SMILES string of the molecule is [2H][13C]([2H])([2H])NC(=O)c1ccccc1Sc1ccc2c(C=Cc3ccccn3)n[nH]c2c1. The molecule has 6 heteroatoms. The van der Waals surface area contributed by atoms with Crippen LogP contribution in [0, 0.1) is 0 Å². The van der Waals surface area contributed by atoms with Crippen molar-refractivity contribution in [3.8, 4) is 0 Å². The van der Waals surface area contributed by atoms with Gasteiger partial charge in [0.25, 0.3) is 5.91 Å². The van der Waals surface area contributed by atoms with Gasteiger partial charge in [-0.25, -0.2) is 0 Å². The second-order valence-corrected chi connectivity index (χ2v) is 7.07. The number of nitrogens with one attached hydrogen (secondary N) is 2. The Kier molecular flexibility index (Phi) is 4.24. The standard InChI is InChI=1S/C22H18N4OS/c1-23-22(27)18-7-2-3-8-21(18)28-16-10-11-17-19(25-26-20(17)14-16)12-9-15-6-4-5-13-24-15/h2-14H,1H3,(H,23,27)(H,25,26)/i1+1D3. The van der Waals surface area contributed by atoms with Gasteiger partial charge in [-0.2, -0.15) is 5.10 Å². The zero-order chi connectivity index (χ0) is 21.8. The Morgan fingerprint density at radius 2 is 2.04 bits per heavy atom. The van der Waals surface area contributed by atoms with Gasteiger partial charge in [-0.05, 0) is 54.6 Å². The van der Waals surface area contributed by atoms with Crippen molar-refractivity contribution in [1.82, 2.24) is 20.5 Å². The van der Waals surface area contributed by atoms with Crippen molar-refractivity contribution < 1.29 is 8.91 Å². The van der Waals surface area contributed by atoms with Gasteiger partial charge in [0.15, 0.2) is 0 Å². The van der Waals surface area contributed by atoms with Crippen molar-refractivity contribution in [2.45, 2.75) is 9.79 Å². The number of pyridine rings is 1. The average Bonchev–Trinajstić information content (AvgIpc) is 3.14. The van der Waals surface area contributed by atoms with Gasteiger partial charge in [-0.15, -0.1) is 0 Å². The molecule has 0 bridgehead atoms. The van der Waals surface area contributed by atoms with Crippen LogP contribution in [0.15, 0.2) is 76.7 Å². The molecule has 2 aromatic carbocycles. The number of amides is 1. The molecule has 2 heterocycles. The highest BCUT2D eigenvalue weighted by Gasteiger charge is 2.11. The van der Waals surface area contributed by atoms with Gasteiger partial charge in [0, 0.05) is 32.5 Å². The maximum Gasteiger partial charge on any atom is 0.252 e. The first kappa shape index (κ1) is 14.6. The summed E-state index contributed by atoms with van der Waals surface area (Å²) < 4.78 is 21.8. The zero-order valence-electron chi connectivity index (χ0n) is 17.7. The maximum atomic E-state index is 12.4. The van der Waals surface area contributed by atoms with E-state index in [9.17, 15) is 4.79 Å². The molecule has 138 valence electrons. The van der Waals surface area contributed by atoms with Crippen LogP contribution in [0.4, 0.5) is 0 Å². The van der Waals surface area contributed by atoms with Crippen molar-refractivity contribution >= 4 is 40.7 Å². The molecule has 0 aliphatic rings. The fourth-order valence-electron chi connectivity index (χ4n) is 2.79. The summed E-state index contributed by atoms with van der Waals surface area (Å²) in [4.78, 5) is 18.2. The predicted octanol–water partition coefficient (Wildman–Crippen LogP) is 4.64. The zero-order valence-corrected chi connectivity index (χ0v) is 15.5. The summed E-state index contributed by atoms with van der Waals surface area (Å²) in [7, 11) is 0. The smallest absolute Gasteiger partial charge is 0.252 e. The molecule has 0 fully saturated rings. The number of hydrogen-bond acceptors (Lipinski definition) is 4. The molecule has 0 saturated carbocycles. The van der Waals surface area contributed by atoms with Gasteiger partial charge in [-0.1, -0.05) is 30.0 Å². The normalized spacial score (nSPS) is 13.2. The summed E-state index contributed by atoms with van der Waals surface area (Å²) in [6, 6.07) is 18.5. The van der Waals surface area contributed by atoms with E-state index >= 15 is 0 Å². The van der Waals surface area contributed by atoms with Crippen LogP contribution >= 0.6 is 11.8 Å². The molecule has 4 aromatic rings. The van der Waals surface area contributed by atoms with Gasteiger partial charge in [0.1, 0.15) is 0 Å². The fraction of sp³-hybridized carbons (Fsp3) is 0.0455. The first-order chi connectivity index (χ1) is 14.9. The molecular weight excluding hydrogens is 369 g/mol. The van der Waals surface area contributed by atoms with Gasteiger partial charge < -0.3 is 5.32 Å². The van der Waals surface area contributed by atoms with Crippen LogP contribution in [-0.4, -0.2) is 28.1 Å². The molecule has 0 saturated heterocycles. The lowest BCUT2D eigenvalue weighted by Gasteiger charge is -2.08. The Balaban J connectivity index is 1.57. The molecule has 0 radical (unpaired) electrons. The van der Waals surface area contributed by atoms with E-state index in [4.69, 9.17) is 4.11 Å². The van der Waals surface area contributed by atoms with Gasteiger partial charge in [-0.3, -0.25) is 14.9 Å². The van der Waals surface area contributed by atoms with Crippen molar-refractivity contribution in [3.63, 3.8) is 0 Å². The van der Waals surface area contributed by atoms with Crippen LogP contribution in [0.3, 0.4) is 0 Å². The first-order valence-corrected chi connectivity index (χ1v) is 9.37. The van der Waals surface area contributed by atoms with Crippen molar-refractivity contribution in [1.29, 1.82) is 0 Å². The number of aromatic amines is 1. The lowest BCUT2D eigenvalue weighted by molar-refractivity contribution is 0.0960. The van der Waals surface area contributed by atoms with Crippen LogP contribution in [0.5, 0.6) is 0 Å². The van der Waals surface area contributed by atoms with E-state index in [1.165, 1.54) is 11.8 Å². The Bertz CT molecular complexity index is 1250. The van der Waals surface area contributed by atoms with Crippen LogP contribution in [0.25, 0.3) is 23.1 Å². The average molecular weight is 390 g/mol. The number of rotatable bonds is 5. The topological polar surface area (TPSA) is 70.7 Å². The highest BCUT2D eigenvalue weighted by atomic mass is 32.2. The number of aromatic nitrogens is 3. The molecular formula is C22H18N4OS. The number of nitrogens with zero attached hydrogens (tertiary/aromatic N) is 2. The van der Waals surface area contributed by atoms with Crippen LogP contribution in [-0.2, 0) is 0 Å². The van der Waals surface area contributed by atoms with Crippen molar-refractivity contribution in [3.05, 3.63) is 83.8 Å². The lowest BCUT2D eigenvalue weighted by atomic mass is 10.2. The van der Waals surface area contributed by atoms with E-state index in [1.54, 1.807) is 24.4 Å². The monoisotopic (exact) mass is 390 g/mol. The first-order valence-electron chi connectivity index (χ1n) is 10.1. The molecule has 1 amide bonds. The Morgan fingerprint density at radius 1 is 1.14 bits per heavy atom. The summed E-state index contributed by atoms with van der Waals surface area (Å²) in [5.74, 6) is -0.632. The van der Waals surface area contributed by atoms with E-state index in [1.807, 2.05) is 59.9 Å². The molecule has 2 aromatic heterocycles. The Labute approximate surface area is 171 Å². The molecule has 0 aliphatic carbocycles. The Morgan fingerprint density at radius 3 is 2.89 bits per heavy atom. The van der Waals surface area contributed by atoms with E-state index in [-0.39, 0.29) is 0 Å². The van der Waals surface area contributed by atoms with Crippen molar-refractivity contribution in [2.75, 3.05) is 6.98 Å². The second kappa shape index (κ2) is 8.10. The second-order valence-electron chi connectivity index (χ2n) is 5.96. The molecule has 0 spiro atoms. The lowest BCUT2D eigenvalue weighted by Crippen LogP contribution is -2.18. The summed E-state index contributed by atoms with van der Waals surface area (Å²) >= 11 is 1.38. The number of fused-ring (bicyclic) bond motifs is 1. The number of carbonyl (C=O) groups is 1. The number of H-pyrrole nitrogens is 1. The van der Waals surface area contributed by atoms with Gasteiger partial charge in [0.2, 0.25) is 0 Å². The van der Waals surface area contributed by atoms with Crippen LogP contribution in [0.2, 0.25) is 0 Å². The highest BCUT2D eigenvalue weighted by Crippen LogP contribution is 2.32. The summed E-state index contributed by atoms with van der Waals surface area (Å²) in [5, 5.41) is 10.4. The van der Waals surface area contributed by atoms with E-state index < -0.39 is 12.9 Å². The molecule has 5 nitrogen and oxygen atoms in total. The Hall–Kier alpha value is -3.38. The number of carbonyl (C=O) groups excluding carboxylic acids is 1.